The van der Waals surface area contributed by atoms with E-state index in [1.807, 2.05) is 0 Å². The Kier molecular flexibility index (Phi) is 4.44. The number of alkyl halides is 3. The largest absolute Gasteiger partial charge is 0.496 e. The molecule has 0 heterocycles. The molecule has 0 radical (unpaired) electrons. The van der Waals surface area contributed by atoms with Gasteiger partial charge in [-0.15, -0.1) is 0 Å². The minimum absolute atomic E-state index is 0.0588. The van der Waals surface area contributed by atoms with Crippen molar-refractivity contribution in [1.29, 1.82) is 0 Å². The normalized spacial score (nSPS) is 11.6. The molecule has 16 heavy (non-hydrogen) atoms. The molecule has 1 rings (SSSR count). The lowest BCUT2D eigenvalue weighted by Crippen LogP contribution is -2.28. The van der Waals surface area contributed by atoms with Crippen LogP contribution >= 0.6 is 11.6 Å². The molecule has 0 aliphatic carbocycles. The van der Waals surface area contributed by atoms with E-state index in [1.165, 1.54) is 7.11 Å². The van der Waals surface area contributed by atoms with Crippen LogP contribution in [0.15, 0.2) is 18.2 Å². The highest BCUT2D eigenvalue weighted by molar-refractivity contribution is 6.30. The number of nitrogens with one attached hydrogen (secondary N) is 1. The van der Waals surface area contributed by atoms with E-state index in [0.29, 0.717) is 16.3 Å². The Morgan fingerprint density at radius 1 is 1.38 bits per heavy atom. The first-order valence-corrected chi connectivity index (χ1v) is 4.90. The Labute approximate surface area is 96.4 Å². The third kappa shape index (κ3) is 4.28. The molecular formula is C10H11ClF3NO. The lowest BCUT2D eigenvalue weighted by Gasteiger charge is -2.11. The van der Waals surface area contributed by atoms with Crippen molar-refractivity contribution < 1.29 is 17.9 Å². The van der Waals surface area contributed by atoms with E-state index in [9.17, 15) is 13.2 Å². The van der Waals surface area contributed by atoms with Crippen LogP contribution in [0.5, 0.6) is 5.75 Å². The molecule has 2 nitrogen and oxygen atoms in total. The van der Waals surface area contributed by atoms with Crippen LogP contribution in [-0.4, -0.2) is 19.8 Å². The fourth-order valence-electron chi connectivity index (χ4n) is 1.22. The molecule has 1 aromatic carbocycles. The van der Waals surface area contributed by atoms with Gasteiger partial charge in [0.25, 0.3) is 0 Å². The molecule has 0 spiro atoms. The summed E-state index contributed by atoms with van der Waals surface area (Å²) in [6.45, 7) is -0.980. The van der Waals surface area contributed by atoms with Gasteiger partial charge in [0.15, 0.2) is 0 Å². The van der Waals surface area contributed by atoms with Crippen molar-refractivity contribution in [2.75, 3.05) is 13.7 Å². The van der Waals surface area contributed by atoms with Crippen LogP contribution < -0.4 is 10.1 Å². The van der Waals surface area contributed by atoms with Crippen molar-refractivity contribution in [3.63, 3.8) is 0 Å². The first-order chi connectivity index (χ1) is 7.42. The zero-order chi connectivity index (χ0) is 12.2. The molecule has 0 amide bonds. The number of ether oxygens (including phenoxy) is 1. The molecule has 0 saturated carbocycles. The van der Waals surface area contributed by atoms with Gasteiger partial charge in [-0.2, -0.15) is 13.2 Å². The Morgan fingerprint density at radius 2 is 2.06 bits per heavy atom. The fourth-order valence-corrected chi connectivity index (χ4v) is 1.42. The zero-order valence-electron chi connectivity index (χ0n) is 8.57. The maximum absolute atomic E-state index is 11.9. The highest BCUT2D eigenvalue weighted by Gasteiger charge is 2.26. The SMILES string of the molecule is COc1ccc(Cl)cc1CNCC(F)(F)F. The first kappa shape index (κ1) is 13.1. The molecule has 0 saturated heterocycles. The van der Waals surface area contributed by atoms with Crippen molar-refractivity contribution in [2.24, 2.45) is 0 Å². The van der Waals surface area contributed by atoms with Crippen molar-refractivity contribution in [2.45, 2.75) is 12.7 Å². The molecule has 1 aromatic rings. The summed E-state index contributed by atoms with van der Waals surface area (Å²) in [4.78, 5) is 0. The number of hydrogen-bond donors (Lipinski definition) is 1. The fraction of sp³-hybridized carbons (Fsp3) is 0.400. The number of benzene rings is 1. The van der Waals surface area contributed by atoms with E-state index in [2.05, 4.69) is 5.32 Å². The van der Waals surface area contributed by atoms with E-state index in [0.717, 1.165) is 0 Å². The van der Waals surface area contributed by atoms with Gasteiger partial charge >= 0.3 is 6.18 Å². The third-order valence-corrected chi connectivity index (χ3v) is 2.12. The van der Waals surface area contributed by atoms with E-state index >= 15 is 0 Å². The summed E-state index contributed by atoms with van der Waals surface area (Å²) in [6.07, 6.45) is -4.22. The predicted octanol–water partition coefficient (Wildman–Crippen LogP) is 3.00. The summed E-state index contributed by atoms with van der Waals surface area (Å²) in [6, 6.07) is 4.81. The van der Waals surface area contributed by atoms with Crippen LogP contribution in [0.2, 0.25) is 5.02 Å². The highest BCUT2D eigenvalue weighted by Crippen LogP contribution is 2.22. The van der Waals surface area contributed by atoms with Gasteiger partial charge in [-0.1, -0.05) is 11.6 Å². The molecule has 0 unspecified atom stereocenters. The van der Waals surface area contributed by atoms with Gasteiger partial charge in [0, 0.05) is 17.1 Å². The number of methoxy groups -OCH3 is 1. The second kappa shape index (κ2) is 5.41. The van der Waals surface area contributed by atoms with E-state index in [-0.39, 0.29) is 6.54 Å². The van der Waals surface area contributed by atoms with Gasteiger partial charge in [-0.05, 0) is 18.2 Å². The quantitative estimate of drug-likeness (QED) is 0.891. The van der Waals surface area contributed by atoms with E-state index < -0.39 is 12.7 Å². The highest BCUT2D eigenvalue weighted by atomic mass is 35.5. The van der Waals surface area contributed by atoms with Crippen molar-refractivity contribution in [3.05, 3.63) is 28.8 Å². The first-order valence-electron chi connectivity index (χ1n) is 4.52. The third-order valence-electron chi connectivity index (χ3n) is 1.88. The van der Waals surface area contributed by atoms with Crippen molar-refractivity contribution >= 4 is 11.6 Å². The molecule has 6 heteroatoms. The average Bonchev–Trinajstić information content (AvgIpc) is 2.16. The standard InChI is InChI=1S/C10H11ClF3NO/c1-16-9-3-2-8(11)4-7(9)5-15-6-10(12,13)14/h2-4,15H,5-6H2,1H3. The van der Waals surface area contributed by atoms with Crippen LogP contribution in [0.3, 0.4) is 0 Å². The van der Waals surface area contributed by atoms with Gasteiger partial charge in [0.05, 0.1) is 13.7 Å². The monoisotopic (exact) mass is 253 g/mol. The van der Waals surface area contributed by atoms with Crippen molar-refractivity contribution in [1.82, 2.24) is 5.32 Å². The Morgan fingerprint density at radius 3 is 2.62 bits per heavy atom. The topological polar surface area (TPSA) is 21.3 Å². The van der Waals surface area contributed by atoms with Crippen LogP contribution in [0.25, 0.3) is 0 Å². The molecule has 1 N–H and O–H groups in total. The smallest absolute Gasteiger partial charge is 0.401 e. The second-order valence-electron chi connectivity index (χ2n) is 3.17. The number of rotatable bonds is 4. The Hall–Kier alpha value is -0.940. The van der Waals surface area contributed by atoms with E-state index in [4.69, 9.17) is 16.3 Å². The summed E-state index contributed by atoms with van der Waals surface area (Å²) in [5.41, 5.74) is 0.597. The van der Waals surface area contributed by atoms with Crippen molar-refractivity contribution in [3.8, 4) is 5.75 Å². The lowest BCUT2D eigenvalue weighted by molar-refractivity contribution is -0.125. The molecular weight excluding hydrogens is 243 g/mol. The van der Waals surface area contributed by atoms with Gasteiger partial charge < -0.3 is 10.1 Å². The van der Waals surface area contributed by atoms with Gasteiger partial charge in [0.2, 0.25) is 0 Å². The van der Waals surface area contributed by atoms with Crippen LogP contribution in [0, 0.1) is 0 Å². The molecule has 0 aromatic heterocycles. The Bertz CT molecular complexity index is 354. The molecule has 90 valence electrons. The Balaban J connectivity index is 2.62. The van der Waals surface area contributed by atoms with Gasteiger partial charge in [-0.3, -0.25) is 0 Å². The maximum Gasteiger partial charge on any atom is 0.401 e. The molecule has 0 bridgehead atoms. The zero-order valence-corrected chi connectivity index (χ0v) is 9.32. The molecule has 0 fully saturated rings. The minimum atomic E-state index is -4.22. The summed E-state index contributed by atoms with van der Waals surface area (Å²) in [5, 5.41) is 2.74. The predicted molar refractivity (Wildman–Crippen MR) is 55.8 cm³/mol. The summed E-state index contributed by atoms with van der Waals surface area (Å²) < 4.78 is 40.7. The maximum atomic E-state index is 11.9. The summed E-state index contributed by atoms with van der Waals surface area (Å²) in [5.74, 6) is 0.513. The minimum Gasteiger partial charge on any atom is -0.496 e. The van der Waals surface area contributed by atoms with Crippen LogP contribution in [0.1, 0.15) is 5.56 Å². The summed E-state index contributed by atoms with van der Waals surface area (Å²) in [7, 11) is 1.45. The lowest BCUT2D eigenvalue weighted by atomic mass is 10.2. The molecule has 0 atom stereocenters. The second-order valence-corrected chi connectivity index (χ2v) is 3.61. The number of hydrogen-bond acceptors (Lipinski definition) is 2. The van der Waals surface area contributed by atoms with Gasteiger partial charge in [0.1, 0.15) is 5.75 Å². The van der Waals surface area contributed by atoms with Gasteiger partial charge in [-0.25, -0.2) is 0 Å². The number of halogens is 4. The summed E-state index contributed by atoms with van der Waals surface area (Å²) >= 11 is 5.74. The molecule has 0 aliphatic rings. The molecule has 0 aliphatic heterocycles. The van der Waals surface area contributed by atoms with E-state index in [1.54, 1.807) is 18.2 Å². The average molecular weight is 254 g/mol. The van der Waals surface area contributed by atoms with Crippen LogP contribution in [-0.2, 0) is 6.54 Å². The van der Waals surface area contributed by atoms with Crippen LogP contribution in [0.4, 0.5) is 13.2 Å².